The second-order valence-corrected chi connectivity index (χ2v) is 5.30. The van der Waals surface area contributed by atoms with Gasteiger partial charge >= 0.3 is 0 Å². The van der Waals surface area contributed by atoms with Gasteiger partial charge in [0.1, 0.15) is 0 Å². The third-order valence-electron chi connectivity index (χ3n) is 1.68. The lowest BCUT2D eigenvalue weighted by molar-refractivity contribution is 0.412. The molecule has 86 valence electrons. The number of rotatable bonds is 8. The Balaban J connectivity index is 3.62. The standard InChI is InChI=1S/C8H21N3O2S/c1-4-9-6-8-14(12,13)10-5-7-11(2)3/h9-10H,4-8H2,1-3H3. The quantitative estimate of drug-likeness (QED) is 0.522. The van der Waals surface area contributed by atoms with Crippen LogP contribution in [0.3, 0.4) is 0 Å². The molecule has 0 rings (SSSR count). The molecule has 0 aromatic carbocycles. The third kappa shape index (κ3) is 8.43. The van der Waals surface area contributed by atoms with E-state index in [0.29, 0.717) is 13.1 Å². The van der Waals surface area contributed by atoms with Crippen LogP contribution in [0.15, 0.2) is 0 Å². The molecule has 0 bridgehead atoms. The zero-order valence-corrected chi connectivity index (χ0v) is 10.0. The van der Waals surface area contributed by atoms with Gasteiger partial charge in [0.2, 0.25) is 10.0 Å². The number of sulfonamides is 1. The highest BCUT2D eigenvalue weighted by Crippen LogP contribution is 1.82. The Kier molecular flexibility index (Phi) is 7.08. The first kappa shape index (κ1) is 13.8. The summed E-state index contributed by atoms with van der Waals surface area (Å²) in [6, 6.07) is 0. The maximum Gasteiger partial charge on any atom is 0.212 e. The van der Waals surface area contributed by atoms with Gasteiger partial charge in [0.05, 0.1) is 5.75 Å². The zero-order chi connectivity index (χ0) is 11.0. The molecule has 0 saturated carbocycles. The molecular formula is C8H21N3O2S. The van der Waals surface area contributed by atoms with Crippen molar-refractivity contribution in [2.45, 2.75) is 6.92 Å². The maximum absolute atomic E-state index is 11.3. The van der Waals surface area contributed by atoms with E-state index in [2.05, 4.69) is 10.0 Å². The average molecular weight is 223 g/mol. The van der Waals surface area contributed by atoms with Crippen LogP contribution in [0.4, 0.5) is 0 Å². The van der Waals surface area contributed by atoms with Gasteiger partial charge in [-0.3, -0.25) is 0 Å². The monoisotopic (exact) mass is 223 g/mol. The molecule has 0 fully saturated rings. The number of likely N-dealkylation sites (N-methyl/N-ethyl adjacent to an activating group) is 1. The van der Waals surface area contributed by atoms with Crippen molar-refractivity contribution in [1.82, 2.24) is 14.9 Å². The SMILES string of the molecule is CCNCCS(=O)(=O)NCCN(C)C. The number of hydrogen-bond acceptors (Lipinski definition) is 4. The summed E-state index contributed by atoms with van der Waals surface area (Å²) in [4.78, 5) is 1.94. The molecule has 0 aliphatic rings. The van der Waals surface area contributed by atoms with Gasteiger partial charge in [0.25, 0.3) is 0 Å². The van der Waals surface area contributed by atoms with Crippen molar-refractivity contribution >= 4 is 10.0 Å². The van der Waals surface area contributed by atoms with E-state index < -0.39 is 10.0 Å². The van der Waals surface area contributed by atoms with Gasteiger partial charge < -0.3 is 10.2 Å². The van der Waals surface area contributed by atoms with E-state index in [4.69, 9.17) is 0 Å². The maximum atomic E-state index is 11.3. The number of nitrogens with one attached hydrogen (secondary N) is 2. The van der Waals surface area contributed by atoms with Crippen molar-refractivity contribution in [2.24, 2.45) is 0 Å². The van der Waals surface area contributed by atoms with E-state index in [0.717, 1.165) is 13.1 Å². The average Bonchev–Trinajstić information content (AvgIpc) is 2.03. The Labute approximate surface area is 86.9 Å². The van der Waals surface area contributed by atoms with Crippen LogP contribution < -0.4 is 10.0 Å². The third-order valence-corrected chi connectivity index (χ3v) is 3.06. The highest BCUT2D eigenvalue weighted by molar-refractivity contribution is 7.89. The molecule has 0 heterocycles. The van der Waals surface area contributed by atoms with Crippen LogP contribution >= 0.6 is 0 Å². The molecule has 0 spiro atoms. The summed E-state index contributed by atoms with van der Waals surface area (Å²) in [7, 11) is 0.731. The van der Waals surface area contributed by atoms with Gasteiger partial charge in [0.15, 0.2) is 0 Å². The van der Waals surface area contributed by atoms with Crippen LogP contribution in [0, 0.1) is 0 Å². The van der Waals surface area contributed by atoms with E-state index in [1.54, 1.807) is 0 Å². The van der Waals surface area contributed by atoms with Gasteiger partial charge in [0, 0.05) is 19.6 Å². The Hall–Kier alpha value is -0.170. The fraction of sp³-hybridized carbons (Fsp3) is 1.00. The lowest BCUT2D eigenvalue weighted by Crippen LogP contribution is -2.35. The number of nitrogens with zero attached hydrogens (tertiary/aromatic N) is 1. The summed E-state index contributed by atoms with van der Waals surface area (Å²) in [5.41, 5.74) is 0. The van der Waals surface area contributed by atoms with Gasteiger partial charge in [-0.1, -0.05) is 6.92 Å². The van der Waals surface area contributed by atoms with Crippen molar-refractivity contribution < 1.29 is 8.42 Å². The summed E-state index contributed by atoms with van der Waals surface area (Å²) < 4.78 is 25.2. The van der Waals surface area contributed by atoms with E-state index >= 15 is 0 Å². The Morgan fingerprint density at radius 3 is 2.36 bits per heavy atom. The highest BCUT2D eigenvalue weighted by atomic mass is 32.2. The van der Waals surface area contributed by atoms with Crippen molar-refractivity contribution in [3.05, 3.63) is 0 Å². The molecule has 0 unspecified atom stereocenters. The fourth-order valence-electron chi connectivity index (χ4n) is 0.880. The Morgan fingerprint density at radius 1 is 1.21 bits per heavy atom. The van der Waals surface area contributed by atoms with Gasteiger partial charge in [-0.25, -0.2) is 13.1 Å². The molecule has 0 radical (unpaired) electrons. The molecule has 2 N–H and O–H groups in total. The summed E-state index contributed by atoms with van der Waals surface area (Å²) in [6.07, 6.45) is 0. The molecule has 0 aromatic rings. The minimum absolute atomic E-state index is 0.147. The topological polar surface area (TPSA) is 61.4 Å². The normalized spacial score (nSPS) is 12.3. The minimum Gasteiger partial charge on any atom is -0.316 e. The molecular weight excluding hydrogens is 202 g/mol. The first-order valence-corrected chi connectivity index (χ1v) is 6.46. The largest absolute Gasteiger partial charge is 0.316 e. The smallest absolute Gasteiger partial charge is 0.212 e. The van der Waals surface area contributed by atoms with Crippen LogP contribution in [0.2, 0.25) is 0 Å². The van der Waals surface area contributed by atoms with Crippen LogP contribution in [0.1, 0.15) is 6.92 Å². The summed E-state index contributed by atoms with van der Waals surface area (Å²) in [5.74, 6) is 0.147. The second kappa shape index (κ2) is 7.17. The molecule has 0 aliphatic carbocycles. The molecule has 0 saturated heterocycles. The molecule has 0 aliphatic heterocycles. The van der Waals surface area contributed by atoms with Crippen LogP contribution in [0.5, 0.6) is 0 Å². The molecule has 0 aromatic heterocycles. The fourth-order valence-corrected chi connectivity index (χ4v) is 1.84. The van der Waals surface area contributed by atoms with Gasteiger partial charge in [-0.15, -0.1) is 0 Å². The molecule has 14 heavy (non-hydrogen) atoms. The number of hydrogen-bond donors (Lipinski definition) is 2. The van der Waals surface area contributed by atoms with Gasteiger partial charge in [-0.05, 0) is 20.6 Å². The van der Waals surface area contributed by atoms with Crippen molar-refractivity contribution in [3.8, 4) is 0 Å². The lowest BCUT2D eigenvalue weighted by atomic mass is 10.6. The van der Waals surface area contributed by atoms with Crippen LogP contribution in [-0.2, 0) is 10.0 Å². The minimum atomic E-state index is -3.09. The van der Waals surface area contributed by atoms with Crippen LogP contribution in [0.25, 0.3) is 0 Å². The molecule has 0 amide bonds. The van der Waals surface area contributed by atoms with Gasteiger partial charge in [-0.2, -0.15) is 0 Å². The van der Waals surface area contributed by atoms with E-state index in [1.807, 2.05) is 25.9 Å². The van der Waals surface area contributed by atoms with E-state index in [-0.39, 0.29) is 5.75 Å². The lowest BCUT2D eigenvalue weighted by Gasteiger charge is -2.10. The van der Waals surface area contributed by atoms with E-state index in [9.17, 15) is 8.42 Å². The summed E-state index contributed by atoms with van der Waals surface area (Å²) >= 11 is 0. The predicted molar refractivity (Wildman–Crippen MR) is 58.9 cm³/mol. The first-order chi connectivity index (χ1) is 6.48. The van der Waals surface area contributed by atoms with Crippen molar-refractivity contribution in [3.63, 3.8) is 0 Å². The summed E-state index contributed by atoms with van der Waals surface area (Å²) in [6.45, 7) is 4.45. The molecule has 5 nitrogen and oxygen atoms in total. The molecule has 6 heteroatoms. The Morgan fingerprint density at radius 2 is 1.86 bits per heavy atom. The first-order valence-electron chi connectivity index (χ1n) is 4.80. The second-order valence-electron chi connectivity index (χ2n) is 3.37. The Bertz CT molecular complexity index is 227. The zero-order valence-electron chi connectivity index (χ0n) is 9.21. The van der Waals surface area contributed by atoms with Crippen molar-refractivity contribution in [1.29, 1.82) is 0 Å². The van der Waals surface area contributed by atoms with Crippen LogP contribution in [-0.4, -0.2) is 59.3 Å². The van der Waals surface area contributed by atoms with Crippen molar-refractivity contribution in [2.75, 3.05) is 46.0 Å². The summed E-state index contributed by atoms with van der Waals surface area (Å²) in [5, 5.41) is 2.97. The molecule has 0 atom stereocenters. The predicted octanol–water partition coefficient (Wildman–Crippen LogP) is -0.923. The highest BCUT2D eigenvalue weighted by Gasteiger charge is 2.07. The van der Waals surface area contributed by atoms with E-state index in [1.165, 1.54) is 0 Å².